The average Bonchev–Trinajstić information content (AvgIpc) is 2.90. The molecule has 0 saturated heterocycles. The van der Waals surface area contributed by atoms with Crippen LogP contribution in [0.25, 0.3) is 0 Å². The van der Waals surface area contributed by atoms with Crippen molar-refractivity contribution < 1.29 is 9.47 Å². The van der Waals surface area contributed by atoms with Gasteiger partial charge in [0, 0.05) is 16.1 Å². The van der Waals surface area contributed by atoms with Gasteiger partial charge in [0.05, 0.1) is 14.2 Å². The SMILES string of the molecule is COc1ccc(OC)c(C2Nc3ccccc3S2)c1. The number of hydrogen-bond acceptors (Lipinski definition) is 4. The molecule has 0 amide bonds. The molecule has 0 radical (unpaired) electrons. The van der Waals surface area contributed by atoms with E-state index in [9.17, 15) is 0 Å². The van der Waals surface area contributed by atoms with Gasteiger partial charge in [0.15, 0.2) is 0 Å². The van der Waals surface area contributed by atoms with Crippen LogP contribution in [-0.4, -0.2) is 14.2 Å². The third-order valence-corrected chi connectivity index (χ3v) is 4.36. The van der Waals surface area contributed by atoms with Crippen molar-refractivity contribution in [2.24, 2.45) is 0 Å². The van der Waals surface area contributed by atoms with Crippen molar-refractivity contribution >= 4 is 17.4 Å². The second-order valence-electron chi connectivity index (χ2n) is 4.25. The van der Waals surface area contributed by atoms with Crippen LogP contribution in [0, 0.1) is 0 Å². The molecule has 1 unspecified atom stereocenters. The van der Waals surface area contributed by atoms with E-state index in [-0.39, 0.29) is 5.37 Å². The van der Waals surface area contributed by atoms with E-state index >= 15 is 0 Å². The monoisotopic (exact) mass is 273 g/mol. The Kier molecular flexibility index (Phi) is 3.25. The molecular formula is C15H15NO2S. The number of fused-ring (bicyclic) bond motifs is 1. The Labute approximate surface area is 116 Å². The highest BCUT2D eigenvalue weighted by Crippen LogP contribution is 2.48. The van der Waals surface area contributed by atoms with Gasteiger partial charge in [-0.2, -0.15) is 0 Å². The highest BCUT2D eigenvalue weighted by atomic mass is 32.2. The van der Waals surface area contributed by atoms with Crippen molar-refractivity contribution in [2.45, 2.75) is 10.3 Å². The van der Waals surface area contributed by atoms with E-state index in [4.69, 9.17) is 9.47 Å². The first kappa shape index (κ1) is 12.2. The molecule has 3 nitrogen and oxygen atoms in total. The Morgan fingerprint density at radius 3 is 2.63 bits per heavy atom. The molecule has 0 saturated carbocycles. The summed E-state index contributed by atoms with van der Waals surface area (Å²) >= 11 is 1.79. The molecule has 0 aliphatic carbocycles. The Hall–Kier alpha value is -1.81. The van der Waals surface area contributed by atoms with E-state index in [0.717, 1.165) is 17.1 Å². The first-order valence-corrected chi connectivity index (χ1v) is 6.94. The normalized spacial score (nSPS) is 16.6. The fourth-order valence-electron chi connectivity index (χ4n) is 2.17. The van der Waals surface area contributed by atoms with Crippen molar-refractivity contribution in [1.29, 1.82) is 0 Å². The number of methoxy groups -OCH3 is 2. The number of hydrogen-bond donors (Lipinski definition) is 1. The van der Waals surface area contributed by atoms with Gasteiger partial charge in [-0.1, -0.05) is 23.9 Å². The van der Waals surface area contributed by atoms with Gasteiger partial charge in [0.1, 0.15) is 16.9 Å². The minimum atomic E-state index is 0.155. The van der Waals surface area contributed by atoms with Crippen LogP contribution in [-0.2, 0) is 0 Å². The molecule has 1 aliphatic heterocycles. The van der Waals surface area contributed by atoms with Crippen LogP contribution in [0.3, 0.4) is 0 Å². The molecule has 19 heavy (non-hydrogen) atoms. The lowest BCUT2D eigenvalue weighted by Gasteiger charge is -2.16. The molecule has 1 aliphatic rings. The Bertz CT molecular complexity index is 575. The summed E-state index contributed by atoms with van der Waals surface area (Å²) in [5, 5.41) is 3.66. The first-order valence-electron chi connectivity index (χ1n) is 6.06. The standard InChI is InChI=1S/C15H15NO2S/c1-17-10-7-8-13(18-2)11(9-10)15-16-12-5-3-4-6-14(12)19-15/h3-9,15-16H,1-2H3. The summed E-state index contributed by atoms with van der Waals surface area (Å²) < 4.78 is 10.7. The minimum Gasteiger partial charge on any atom is -0.497 e. The maximum Gasteiger partial charge on any atom is 0.125 e. The van der Waals surface area contributed by atoms with Crippen LogP contribution in [0.15, 0.2) is 47.4 Å². The fourth-order valence-corrected chi connectivity index (χ4v) is 3.33. The van der Waals surface area contributed by atoms with Crippen LogP contribution in [0.4, 0.5) is 5.69 Å². The van der Waals surface area contributed by atoms with E-state index in [2.05, 4.69) is 23.5 Å². The topological polar surface area (TPSA) is 30.5 Å². The van der Waals surface area contributed by atoms with Crippen LogP contribution in [0.5, 0.6) is 11.5 Å². The quantitative estimate of drug-likeness (QED) is 0.918. The largest absolute Gasteiger partial charge is 0.497 e. The lowest BCUT2D eigenvalue weighted by molar-refractivity contribution is 0.399. The van der Waals surface area contributed by atoms with E-state index < -0.39 is 0 Å². The summed E-state index contributed by atoms with van der Waals surface area (Å²) in [5.41, 5.74) is 2.27. The van der Waals surface area contributed by atoms with Crippen LogP contribution in [0.2, 0.25) is 0 Å². The predicted octanol–water partition coefficient (Wildman–Crippen LogP) is 3.92. The highest BCUT2D eigenvalue weighted by Gasteiger charge is 2.25. The zero-order chi connectivity index (χ0) is 13.2. The van der Waals surface area contributed by atoms with Gasteiger partial charge in [-0.15, -0.1) is 0 Å². The minimum absolute atomic E-state index is 0.155. The highest BCUT2D eigenvalue weighted by molar-refractivity contribution is 8.00. The molecule has 98 valence electrons. The number of benzene rings is 2. The van der Waals surface area contributed by atoms with Gasteiger partial charge >= 0.3 is 0 Å². The summed E-state index contributed by atoms with van der Waals surface area (Å²) in [6.07, 6.45) is 0. The third kappa shape index (κ3) is 2.24. The molecule has 1 heterocycles. The number of anilines is 1. The Morgan fingerprint density at radius 2 is 1.89 bits per heavy atom. The van der Waals surface area contributed by atoms with Gasteiger partial charge in [0.2, 0.25) is 0 Å². The molecule has 3 rings (SSSR count). The second kappa shape index (κ2) is 5.05. The van der Waals surface area contributed by atoms with E-state index in [1.807, 2.05) is 24.3 Å². The smallest absolute Gasteiger partial charge is 0.125 e. The summed E-state index contributed by atoms with van der Waals surface area (Å²) in [5.74, 6) is 1.72. The predicted molar refractivity (Wildman–Crippen MR) is 78.2 cm³/mol. The number of rotatable bonds is 3. The fraction of sp³-hybridized carbons (Fsp3) is 0.200. The molecular weight excluding hydrogens is 258 g/mol. The Morgan fingerprint density at radius 1 is 1.05 bits per heavy atom. The number of para-hydroxylation sites is 1. The van der Waals surface area contributed by atoms with Crippen molar-refractivity contribution in [3.05, 3.63) is 48.0 Å². The summed E-state index contributed by atoms with van der Waals surface area (Å²) in [7, 11) is 3.37. The molecule has 0 aromatic heterocycles. The van der Waals surface area contributed by atoms with Crippen molar-refractivity contribution in [3.8, 4) is 11.5 Å². The molecule has 0 fully saturated rings. The third-order valence-electron chi connectivity index (χ3n) is 3.14. The van der Waals surface area contributed by atoms with Crippen LogP contribution in [0.1, 0.15) is 10.9 Å². The molecule has 1 atom stereocenters. The van der Waals surface area contributed by atoms with Gasteiger partial charge in [-0.25, -0.2) is 0 Å². The zero-order valence-electron chi connectivity index (χ0n) is 10.8. The molecule has 1 N–H and O–H groups in total. The van der Waals surface area contributed by atoms with Gasteiger partial charge in [-0.3, -0.25) is 0 Å². The van der Waals surface area contributed by atoms with Gasteiger partial charge in [0.25, 0.3) is 0 Å². The molecule has 0 bridgehead atoms. The molecule has 0 spiro atoms. The van der Waals surface area contributed by atoms with Crippen molar-refractivity contribution in [1.82, 2.24) is 0 Å². The first-order chi connectivity index (χ1) is 9.31. The van der Waals surface area contributed by atoms with Crippen molar-refractivity contribution in [2.75, 3.05) is 19.5 Å². The maximum absolute atomic E-state index is 5.45. The maximum atomic E-state index is 5.45. The lowest BCUT2D eigenvalue weighted by Crippen LogP contribution is -2.04. The summed E-state index contributed by atoms with van der Waals surface area (Å²) in [6.45, 7) is 0. The number of thioether (sulfide) groups is 1. The van der Waals surface area contributed by atoms with E-state index in [1.54, 1.807) is 26.0 Å². The lowest BCUT2D eigenvalue weighted by atomic mass is 10.1. The molecule has 2 aromatic carbocycles. The molecule has 2 aromatic rings. The summed E-state index contributed by atoms with van der Waals surface area (Å²) in [4.78, 5) is 1.26. The van der Waals surface area contributed by atoms with Gasteiger partial charge in [-0.05, 0) is 30.3 Å². The van der Waals surface area contributed by atoms with Crippen molar-refractivity contribution in [3.63, 3.8) is 0 Å². The van der Waals surface area contributed by atoms with Crippen LogP contribution >= 0.6 is 11.8 Å². The zero-order valence-corrected chi connectivity index (χ0v) is 11.7. The second-order valence-corrected chi connectivity index (χ2v) is 5.39. The Balaban J connectivity index is 1.96. The van der Waals surface area contributed by atoms with E-state index in [0.29, 0.717) is 0 Å². The van der Waals surface area contributed by atoms with Gasteiger partial charge < -0.3 is 14.8 Å². The van der Waals surface area contributed by atoms with E-state index in [1.165, 1.54) is 10.6 Å². The molecule has 4 heteroatoms. The summed E-state index contributed by atoms with van der Waals surface area (Å²) in [6, 6.07) is 14.2. The average molecular weight is 273 g/mol. The number of ether oxygens (including phenoxy) is 2. The number of nitrogens with one attached hydrogen (secondary N) is 1. The van der Waals surface area contributed by atoms with Crippen LogP contribution < -0.4 is 14.8 Å².